The monoisotopic (exact) mass is 390 g/mol. The van der Waals surface area contributed by atoms with Gasteiger partial charge in [0.1, 0.15) is 5.52 Å². The molecule has 0 amide bonds. The SMILES string of the molecule is COc1ncc(-c2ccc3ncc4c(c3n2)n(C2CCCCC2)c(=O)n4C)cn1. The molecule has 0 bridgehead atoms. The van der Waals surface area contributed by atoms with Crippen LogP contribution in [0, 0.1) is 0 Å². The summed E-state index contributed by atoms with van der Waals surface area (Å²) in [6.07, 6.45) is 10.7. The quantitative estimate of drug-likeness (QED) is 0.534. The van der Waals surface area contributed by atoms with Crippen LogP contribution < -0.4 is 10.4 Å². The van der Waals surface area contributed by atoms with Gasteiger partial charge >= 0.3 is 11.7 Å². The van der Waals surface area contributed by atoms with E-state index in [0.717, 1.165) is 59.0 Å². The highest BCUT2D eigenvalue weighted by Crippen LogP contribution is 2.32. The van der Waals surface area contributed by atoms with Gasteiger partial charge in [-0.15, -0.1) is 0 Å². The predicted molar refractivity (Wildman–Crippen MR) is 110 cm³/mol. The molecule has 4 aromatic rings. The van der Waals surface area contributed by atoms with Crippen molar-refractivity contribution in [2.75, 3.05) is 7.11 Å². The van der Waals surface area contributed by atoms with Crippen LogP contribution in [-0.4, -0.2) is 36.2 Å². The van der Waals surface area contributed by atoms with Crippen molar-refractivity contribution >= 4 is 22.1 Å². The number of rotatable bonds is 3. The van der Waals surface area contributed by atoms with Crippen molar-refractivity contribution in [2.45, 2.75) is 38.1 Å². The zero-order chi connectivity index (χ0) is 20.0. The highest BCUT2D eigenvalue weighted by molar-refractivity contribution is 6.00. The Morgan fingerprint density at radius 2 is 1.79 bits per heavy atom. The van der Waals surface area contributed by atoms with Crippen LogP contribution >= 0.6 is 0 Å². The van der Waals surface area contributed by atoms with Crippen molar-refractivity contribution in [3.63, 3.8) is 0 Å². The van der Waals surface area contributed by atoms with Gasteiger partial charge in [-0.05, 0) is 25.0 Å². The molecule has 0 radical (unpaired) electrons. The van der Waals surface area contributed by atoms with E-state index >= 15 is 0 Å². The van der Waals surface area contributed by atoms with Crippen molar-refractivity contribution in [3.05, 3.63) is 41.2 Å². The minimum atomic E-state index is 0.00110. The molecule has 1 aliphatic carbocycles. The first-order chi connectivity index (χ1) is 14.2. The Morgan fingerprint density at radius 1 is 1.03 bits per heavy atom. The van der Waals surface area contributed by atoms with Crippen LogP contribution in [0.4, 0.5) is 0 Å². The van der Waals surface area contributed by atoms with Gasteiger partial charge in [-0.2, -0.15) is 0 Å². The molecule has 0 spiro atoms. The van der Waals surface area contributed by atoms with Crippen LogP contribution in [0.2, 0.25) is 0 Å². The van der Waals surface area contributed by atoms with Crippen molar-refractivity contribution in [3.8, 4) is 17.3 Å². The summed E-state index contributed by atoms with van der Waals surface area (Å²) in [6, 6.07) is 4.36. The van der Waals surface area contributed by atoms with Crippen LogP contribution in [0.1, 0.15) is 38.1 Å². The Hall–Kier alpha value is -3.29. The van der Waals surface area contributed by atoms with E-state index in [4.69, 9.17) is 9.72 Å². The first-order valence-electron chi connectivity index (χ1n) is 9.90. The standard InChI is InChI=1S/C21H22N6O2/c1-26-17-12-22-16-9-8-15(13-10-23-20(29-2)24-11-13)25-18(16)19(17)27(21(26)28)14-6-4-3-5-7-14/h8-12,14H,3-7H2,1-2H3. The largest absolute Gasteiger partial charge is 0.467 e. The molecule has 8 nitrogen and oxygen atoms in total. The van der Waals surface area contributed by atoms with Crippen LogP contribution in [-0.2, 0) is 7.05 Å². The number of pyridine rings is 2. The number of nitrogens with zero attached hydrogens (tertiary/aromatic N) is 6. The number of fused-ring (bicyclic) bond motifs is 3. The molecule has 5 rings (SSSR count). The second-order valence-electron chi connectivity index (χ2n) is 7.52. The van der Waals surface area contributed by atoms with Gasteiger partial charge in [0, 0.05) is 31.0 Å². The molecular formula is C21H22N6O2. The second kappa shape index (κ2) is 6.95. The number of aromatic nitrogens is 6. The van der Waals surface area contributed by atoms with Gasteiger partial charge in [-0.1, -0.05) is 19.3 Å². The fraction of sp³-hybridized carbons (Fsp3) is 0.381. The van der Waals surface area contributed by atoms with Crippen LogP contribution in [0.25, 0.3) is 33.3 Å². The molecule has 0 atom stereocenters. The molecule has 0 unspecified atom stereocenters. The van der Waals surface area contributed by atoms with E-state index in [1.807, 2.05) is 16.7 Å². The summed E-state index contributed by atoms with van der Waals surface area (Å²) in [5.74, 6) is 0. The van der Waals surface area contributed by atoms with Gasteiger partial charge in [0.2, 0.25) is 0 Å². The molecule has 4 heterocycles. The van der Waals surface area contributed by atoms with E-state index in [-0.39, 0.29) is 11.7 Å². The van der Waals surface area contributed by atoms with Gasteiger partial charge < -0.3 is 4.74 Å². The Labute approximate surface area is 167 Å². The average Bonchev–Trinajstić information content (AvgIpc) is 3.04. The van der Waals surface area contributed by atoms with Crippen LogP contribution in [0.5, 0.6) is 6.01 Å². The molecule has 0 N–H and O–H groups in total. The lowest BCUT2D eigenvalue weighted by Crippen LogP contribution is -2.27. The van der Waals surface area contributed by atoms with E-state index in [1.54, 1.807) is 30.2 Å². The van der Waals surface area contributed by atoms with Gasteiger partial charge in [-0.3, -0.25) is 14.1 Å². The van der Waals surface area contributed by atoms with Gasteiger partial charge in [0.05, 0.1) is 35.6 Å². The summed E-state index contributed by atoms with van der Waals surface area (Å²) in [5, 5.41) is 0. The zero-order valence-corrected chi connectivity index (χ0v) is 16.5. The van der Waals surface area contributed by atoms with Crippen molar-refractivity contribution in [1.29, 1.82) is 0 Å². The van der Waals surface area contributed by atoms with Gasteiger partial charge in [0.25, 0.3) is 0 Å². The maximum atomic E-state index is 13.1. The maximum absolute atomic E-state index is 13.1. The Kier molecular flexibility index (Phi) is 4.26. The summed E-state index contributed by atoms with van der Waals surface area (Å²) in [6.45, 7) is 0. The molecule has 1 aliphatic rings. The second-order valence-corrected chi connectivity index (χ2v) is 7.52. The number of ether oxygens (including phenoxy) is 1. The number of methoxy groups -OCH3 is 1. The molecule has 0 saturated heterocycles. The molecule has 0 aromatic carbocycles. The summed E-state index contributed by atoms with van der Waals surface area (Å²) in [4.78, 5) is 30.9. The third-order valence-electron chi connectivity index (χ3n) is 5.81. The fourth-order valence-corrected chi connectivity index (χ4v) is 4.28. The van der Waals surface area contributed by atoms with E-state index in [2.05, 4.69) is 15.0 Å². The smallest absolute Gasteiger partial charge is 0.329 e. The third kappa shape index (κ3) is 2.86. The Balaban J connectivity index is 1.75. The number of aryl methyl sites for hydroxylation is 1. The van der Waals surface area contributed by atoms with E-state index in [0.29, 0.717) is 6.01 Å². The topological polar surface area (TPSA) is 87.7 Å². The predicted octanol–water partition coefficient (Wildman–Crippen LogP) is 3.25. The molecule has 1 fully saturated rings. The first-order valence-corrected chi connectivity index (χ1v) is 9.90. The number of hydrogen-bond donors (Lipinski definition) is 0. The summed E-state index contributed by atoms with van der Waals surface area (Å²) < 4.78 is 8.66. The third-order valence-corrected chi connectivity index (χ3v) is 5.81. The lowest BCUT2D eigenvalue weighted by molar-refractivity contribution is 0.351. The first kappa shape index (κ1) is 17.8. The lowest BCUT2D eigenvalue weighted by Gasteiger charge is -2.23. The molecule has 8 heteroatoms. The summed E-state index contributed by atoms with van der Waals surface area (Å²) >= 11 is 0. The minimum absolute atomic E-state index is 0.00110. The highest BCUT2D eigenvalue weighted by Gasteiger charge is 2.23. The minimum Gasteiger partial charge on any atom is -0.467 e. The normalized spacial score (nSPS) is 15.2. The molecule has 29 heavy (non-hydrogen) atoms. The fourth-order valence-electron chi connectivity index (χ4n) is 4.28. The van der Waals surface area contributed by atoms with Crippen LogP contribution in [0.3, 0.4) is 0 Å². The molecule has 148 valence electrons. The van der Waals surface area contributed by atoms with Gasteiger partial charge in [-0.25, -0.2) is 19.7 Å². The Bertz CT molecular complexity index is 1250. The van der Waals surface area contributed by atoms with E-state index < -0.39 is 0 Å². The highest BCUT2D eigenvalue weighted by atomic mass is 16.5. The molecule has 4 aromatic heterocycles. The average molecular weight is 390 g/mol. The number of imidazole rings is 1. The summed E-state index contributed by atoms with van der Waals surface area (Å²) in [5.41, 5.74) is 4.70. The Morgan fingerprint density at radius 3 is 2.52 bits per heavy atom. The van der Waals surface area contributed by atoms with E-state index in [9.17, 15) is 4.79 Å². The molecular weight excluding hydrogens is 368 g/mol. The maximum Gasteiger partial charge on any atom is 0.329 e. The van der Waals surface area contributed by atoms with Crippen molar-refractivity contribution in [2.24, 2.45) is 7.05 Å². The van der Waals surface area contributed by atoms with E-state index in [1.165, 1.54) is 13.5 Å². The molecule has 0 aliphatic heterocycles. The number of hydrogen-bond acceptors (Lipinski definition) is 6. The van der Waals surface area contributed by atoms with Crippen molar-refractivity contribution in [1.82, 2.24) is 29.1 Å². The van der Waals surface area contributed by atoms with Crippen molar-refractivity contribution < 1.29 is 4.74 Å². The molecule has 1 saturated carbocycles. The lowest BCUT2D eigenvalue weighted by atomic mass is 9.95. The van der Waals surface area contributed by atoms with Crippen LogP contribution in [0.15, 0.2) is 35.5 Å². The summed E-state index contributed by atoms with van der Waals surface area (Å²) in [7, 11) is 3.34. The zero-order valence-electron chi connectivity index (χ0n) is 16.5. The van der Waals surface area contributed by atoms with Gasteiger partial charge in [0.15, 0.2) is 0 Å².